The van der Waals surface area contributed by atoms with E-state index in [0.717, 1.165) is 50.0 Å². The van der Waals surface area contributed by atoms with Crippen LogP contribution in [0.4, 0.5) is 0 Å². The van der Waals surface area contributed by atoms with Crippen molar-refractivity contribution in [3.8, 4) is 39.5 Å². The van der Waals surface area contributed by atoms with E-state index in [0.29, 0.717) is 11.5 Å². The highest BCUT2D eigenvalue weighted by atomic mass is 16.3. The molecule has 0 saturated carbocycles. The van der Waals surface area contributed by atoms with Gasteiger partial charge in [-0.15, -0.1) is 0 Å². The number of hydrogen-bond acceptors (Lipinski definition) is 3. The fourth-order valence-corrected chi connectivity index (χ4v) is 7.22. The fourth-order valence-electron chi connectivity index (χ4n) is 7.22. The number of para-hydroxylation sites is 2. The molecule has 0 aliphatic rings. The summed E-state index contributed by atoms with van der Waals surface area (Å²) in [7, 11) is 0. The van der Waals surface area contributed by atoms with Gasteiger partial charge in [-0.1, -0.05) is 121 Å². The molecule has 10 rings (SSSR count). The zero-order valence-electron chi connectivity index (χ0n) is 25.8. The van der Waals surface area contributed by atoms with Crippen molar-refractivity contribution >= 4 is 54.6 Å². The number of nitrogens with zero attached hydrogens (tertiary/aromatic N) is 3. The number of aromatic nitrogens is 3. The molecule has 0 saturated heterocycles. The zero-order chi connectivity index (χ0) is 31.6. The Morgan fingerprint density at radius 2 is 1.12 bits per heavy atom. The Morgan fingerprint density at radius 3 is 2.00 bits per heavy atom. The lowest BCUT2D eigenvalue weighted by atomic mass is 9.98. The van der Waals surface area contributed by atoms with E-state index in [1.807, 2.05) is 36.4 Å². The molecule has 48 heavy (non-hydrogen) atoms. The van der Waals surface area contributed by atoms with E-state index in [1.54, 1.807) is 0 Å². The molecule has 0 atom stereocenters. The molecule has 0 bridgehead atoms. The maximum Gasteiger partial charge on any atom is 0.231 e. The normalized spacial score (nSPS) is 11.8. The van der Waals surface area contributed by atoms with Gasteiger partial charge in [0.15, 0.2) is 5.82 Å². The Labute approximate surface area is 276 Å². The average Bonchev–Trinajstić information content (AvgIpc) is 3.71. The van der Waals surface area contributed by atoms with E-state index in [1.165, 1.54) is 32.6 Å². The van der Waals surface area contributed by atoms with Crippen LogP contribution in [-0.4, -0.2) is 14.5 Å². The van der Waals surface area contributed by atoms with Crippen molar-refractivity contribution in [3.05, 3.63) is 164 Å². The average molecular weight is 614 g/mol. The second-order valence-corrected chi connectivity index (χ2v) is 12.2. The summed E-state index contributed by atoms with van der Waals surface area (Å²) in [6.07, 6.45) is 0. The Morgan fingerprint density at radius 1 is 0.438 bits per heavy atom. The molecule has 3 aromatic heterocycles. The van der Waals surface area contributed by atoms with Gasteiger partial charge in [0.05, 0.1) is 22.1 Å². The lowest BCUT2D eigenvalue weighted by Gasteiger charge is -2.09. The molecule has 0 aliphatic heterocycles. The number of rotatable bonds is 4. The summed E-state index contributed by atoms with van der Waals surface area (Å²) in [5, 5.41) is 6.92. The minimum atomic E-state index is 0.590. The van der Waals surface area contributed by atoms with Gasteiger partial charge in [-0.3, -0.25) is 0 Å². The molecule has 4 heteroatoms. The largest absolute Gasteiger partial charge is 0.438 e. The first-order chi connectivity index (χ1) is 23.8. The number of furan rings is 1. The summed E-state index contributed by atoms with van der Waals surface area (Å²) < 4.78 is 8.68. The van der Waals surface area contributed by atoms with Crippen molar-refractivity contribution in [1.29, 1.82) is 0 Å². The minimum absolute atomic E-state index is 0.590. The Bertz CT molecular complexity index is 2830. The van der Waals surface area contributed by atoms with Crippen molar-refractivity contribution in [2.75, 3.05) is 0 Å². The first-order valence-electron chi connectivity index (χ1n) is 16.2. The minimum Gasteiger partial charge on any atom is -0.438 e. The van der Waals surface area contributed by atoms with Crippen LogP contribution in [0.2, 0.25) is 0 Å². The molecule has 0 unspecified atom stereocenters. The monoisotopic (exact) mass is 613 g/mol. The van der Waals surface area contributed by atoms with Crippen LogP contribution in [0.15, 0.2) is 168 Å². The molecule has 0 N–H and O–H groups in total. The number of fused-ring (bicyclic) bond motifs is 8. The van der Waals surface area contributed by atoms with Gasteiger partial charge in [-0.25, -0.2) is 4.98 Å². The lowest BCUT2D eigenvalue weighted by Crippen LogP contribution is -1.94. The molecule has 0 amide bonds. The van der Waals surface area contributed by atoms with Gasteiger partial charge in [-0.2, -0.15) is 4.98 Å². The number of benzene rings is 7. The van der Waals surface area contributed by atoms with Crippen molar-refractivity contribution in [3.63, 3.8) is 0 Å². The highest BCUT2D eigenvalue weighted by molar-refractivity contribution is 6.22. The molecule has 7 aromatic carbocycles. The predicted molar refractivity (Wildman–Crippen MR) is 197 cm³/mol. The van der Waals surface area contributed by atoms with E-state index in [9.17, 15) is 0 Å². The van der Waals surface area contributed by atoms with Crippen molar-refractivity contribution in [2.24, 2.45) is 0 Å². The van der Waals surface area contributed by atoms with Crippen LogP contribution in [0.5, 0.6) is 0 Å². The lowest BCUT2D eigenvalue weighted by molar-refractivity contribution is 0.653. The summed E-state index contributed by atoms with van der Waals surface area (Å²) in [6, 6.07) is 57.4. The van der Waals surface area contributed by atoms with E-state index in [2.05, 4.69) is 132 Å². The number of hydrogen-bond donors (Lipinski definition) is 0. The summed E-state index contributed by atoms with van der Waals surface area (Å²) in [5.74, 6) is 0.634. The standard InChI is InChI=1S/C44H27N3O/c1-3-13-29(14-4-1)42-41-35-20-9-10-21-39(35)48-44(41)46-43(45-42)32-16-11-15-30(26-32)31-23-24-37-36(27-31)40-34-19-8-7-12-28(34)22-25-38(40)47(37)33-17-5-2-6-18-33/h1-27H. The van der Waals surface area contributed by atoms with Crippen molar-refractivity contribution in [1.82, 2.24) is 14.5 Å². The van der Waals surface area contributed by atoms with E-state index < -0.39 is 0 Å². The molecule has 0 fully saturated rings. The van der Waals surface area contributed by atoms with Gasteiger partial charge in [0, 0.05) is 33.0 Å². The molecular formula is C44H27N3O. The highest BCUT2D eigenvalue weighted by Gasteiger charge is 2.19. The topological polar surface area (TPSA) is 43.9 Å². The quantitative estimate of drug-likeness (QED) is 0.198. The smallest absolute Gasteiger partial charge is 0.231 e. The van der Waals surface area contributed by atoms with E-state index in [4.69, 9.17) is 14.4 Å². The third kappa shape index (κ3) is 4.10. The molecule has 0 aliphatic carbocycles. The van der Waals surface area contributed by atoms with Crippen molar-refractivity contribution < 1.29 is 4.42 Å². The van der Waals surface area contributed by atoms with Gasteiger partial charge >= 0.3 is 0 Å². The SMILES string of the molecule is c1ccc(-c2nc(-c3cccc(-c4ccc5c(c4)c4c6ccccc6ccc4n5-c4ccccc4)c3)nc3oc4ccccc4c23)cc1. The fraction of sp³-hybridized carbons (Fsp3) is 0. The summed E-state index contributed by atoms with van der Waals surface area (Å²) >= 11 is 0. The van der Waals surface area contributed by atoms with E-state index >= 15 is 0 Å². The van der Waals surface area contributed by atoms with Crippen LogP contribution >= 0.6 is 0 Å². The molecule has 224 valence electrons. The van der Waals surface area contributed by atoms with Crippen LogP contribution < -0.4 is 0 Å². The van der Waals surface area contributed by atoms with Gasteiger partial charge in [0.1, 0.15) is 5.58 Å². The van der Waals surface area contributed by atoms with Gasteiger partial charge in [-0.05, 0) is 64.4 Å². The molecule has 10 aromatic rings. The Kier molecular flexibility index (Phi) is 5.84. The Balaban J connectivity index is 1.18. The van der Waals surface area contributed by atoms with Gasteiger partial charge < -0.3 is 8.98 Å². The first-order valence-corrected chi connectivity index (χ1v) is 16.2. The van der Waals surface area contributed by atoms with Crippen molar-refractivity contribution in [2.45, 2.75) is 0 Å². The summed E-state index contributed by atoms with van der Waals surface area (Å²) in [6.45, 7) is 0. The molecular weight excluding hydrogens is 587 g/mol. The predicted octanol–water partition coefficient (Wildman–Crippen LogP) is 11.6. The third-order valence-electron chi connectivity index (χ3n) is 9.41. The summed E-state index contributed by atoms with van der Waals surface area (Å²) in [5.41, 5.74) is 9.99. The second-order valence-electron chi connectivity index (χ2n) is 12.2. The Hall–Kier alpha value is -6.52. The van der Waals surface area contributed by atoms with Crippen LogP contribution in [0.1, 0.15) is 0 Å². The van der Waals surface area contributed by atoms with Crippen LogP contribution in [0, 0.1) is 0 Å². The molecule has 0 spiro atoms. The van der Waals surface area contributed by atoms with Gasteiger partial charge in [0.25, 0.3) is 0 Å². The second kappa shape index (κ2) is 10.5. The zero-order valence-corrected chi connectivity index (χ0v) is 25.8. The highest BCUT2D eigenvalue weighted by Crippen LogP contribution is 2.40. The van der Waals surface area contributed by atoms with Gasteiger partial charge in [0.2, 0.25) is 5.71 Å². The van der Waals surface area contributed by atoms with Crippen LogP contribution in [0.3, 0.4) is 0 Å². The molecule has 0 radical (unpaired) electrons. The van der Waals surface area contributed by atoms with Crippen LogP contribution in [0.25, 0.3) is 94.1 Å². The maximum absolute atomic E-state index is 6.30. The molecule has 4 nitrogen and oxygen atoms in total. The van der Waals surface area contributed by atoms with E-state index in [-0.39, 0.29) is 0 Å². The maximum atomic E-state index is 6.30. The van der Waals surface area contributed by atoms with Crippen LogP contribution in [-0.2, 0) is 0 Å². The third-order valence-corrected chi connectivity index (χ3v) is 9.41. The molecule has 3 heterocycles. The first kappa shape index (κ1) is 26.7. The summed E-state index contributed by atoms with van der Waals surface area (Å²) in [4.78, 5) is 10.2.